The van der Waals surface area contributed by atoms with Crippen LogP contribution in [0.1, 0.15) is 11.1 Å². The molecular formula is C18H16F6N4O. The van der Waals surface area contributed by atoms with Crippen molar-refractivity contribution < 1.29 is 31.1 Å². The van der Waals surface area contributed by atoms with Gasteiger partial charge in [-0.2, -0.15) is 31.4 Å². The number of alkyl halides is 6. The van der Waals surface area contributed by atoms with E-state index < -0.39 is 23.5 Å². The van der Waals surface area contributed by atoms with Crippen molar-refractivity contribution in [2.75, 3.05) is 26.2 Å². The maximum absolute atomic E-state index is 13.0. The van der Waals surface area contributed by atoms with Gasteiger partial charge in [0.25, 0.3) is 0 Å². The molecule has 11 heteroatoms. The molecule has 3 rings (SSSR count). The summed E-state index contributed by atoms with van der Waals surface area (Å²) < 4.78 is 79.1. The summed E-state index contributed by atoms with van der Waals surface area (Å²) in [6, 6.07) is 2.55. The summed E-state index contributed by atoms with van der Waals surface area (Å²) in [6.07, 6.45) is -5.99. The van der Waals surface area contributed by atoms with Gasteiger partial charge in [0.1, 0.15) is 0 Å². The summed E-state index contributed by atoms with van der Waals surface area (Å²) in [4.78, 5) is 13.7. The highest BCUT2D eigenvalue weighted by Crippen LogP contribution is 2.38. The largest absolute Gasteiger partial charge is 0.416 e. The van der Waals surface area contributed by atoms with E-state index in [0.29, 0.717) is 38.3 Å². The smallest absolute Gasteiger partial charge is 0.337 e. The molecule has 0 bridgehead atoms. The quantitative estimate of drug-likeness (QED) is 0.614. The lowest BCUT2D eigenvalue weighted by molar-refractivity contribution is -0.143. The second kappa shape index (κ2) is 7.90. The van der Waals surface area contributed by atoms with Crippen LogP contribution in [0.15, 0.2) is 36.5 Å². The Bertz CT molecular complexity index is 878. The number of carbonyl (C=O) groups is 1. The minimum atomic E-state index is -4.94. The van der Waals surface area contributed by atoms with E-state index in [-0.39, 0.29) is 23.2 Å². The van der Waals surface area contributed by atoms with E-state index in [4.69, 9.17) is 0 Å². The summed E-state index contributed by atoms with van der Waals surface area (Å²) in [5, 5.41) is 7.06. The van der Waals surface area contributed by atoms with Gasteiger partial charge in [0, 0.05) is 50.2 Å². The minimum Gasteiger partial charge on any atom is -0.337 e. The molecule has 1 N–H and O–H groups in total. The Labute approximate surface area is 161 Å². The molecule has 0 unspecified atom stereocenters. The lowest BCUT2D eigenvalue weighted by Gasteiger charge is -2.26. The van der Waals surface area contributed by atoms with Crippen LogP contribution in [0.25, 0.3) is 17.5 Å². The Balaban J connectivity index is 1.85. The predicted octanol–water partition coefficient (Wildman–Crippen LogP) is 3.49. The molecule has 156 valence electrons. The van der Waals surface area contributed by atoms with Crippen molar-refractivity contribution in [1.29, 1.82) is 0 Å². The molecule has 1 amide bonds. The second-order valence-corrected chi connectivity index (χ2v) is 6.37. The number of benzene rings is 1. The maximum atomic E-state index is 13.0. The molecule has 0 saturated carbocycles. The number of rotatable bonds is 3. The number of carbonyl (C=O) groups excluding carboxylic acids is 1. The Morgan fingerprint density at radius 2 is 1.59 bits per heavy atom. The summed E-state index contributed by atoms with van der Waals surface area (Å²) in [5.41, 5.74) is -3.24. The number of nitrogens with zero attached hydrogens (tertiary/aromatic N) is 3. The van der Waals surface area contributed by atoms with Gasteiger partial charge in [-0.25, -0.2) is 4.68 Å². The van der Waals surface area contributed by atoms with Crippen molar-refractivity contribution in [1.82, 2.24) is 20.0 Å². The molecular weight excluding hydrogens is 402 g/mol. The fourth-order valence-electron chi connectivity index (χ4n) is 2.81. The first kappa shape index (κ1) is 20.9. The molecule has 2 heterocycles. The van der Waals surface area contributed by atoms with Gasteiger partial charge in [0.2, 0.25) is 5.91 Å². The Kier molecular flexibility index (Phi) is 5.69. The number of piperazine rings is 1. The highest BCUT2D eigenvalue weighted by molar-refractivity contribution is 5.90. The number of hydrogen-bond acceptors (Lipinski definition) is 3. The van der Waals surface area contributed by atoms with Crippen LogP contribution in [-0.2, 0) is 17.1 Å². The third kappa shape index (κ3) is 5.17. The highest BCUT2D eigenvalue weighted by atomic mass is 19.4. The molecule has 1 saturated heterocycles. The Hall–Kier alpha value is -2.82. The third-order valence-corrected chi connectivity index (χ3v) is 4.29. The molecule has 0 atom stereocenters. The molecule has 0 spiro atoms. The molecule has 5 nitrogen and oxygen atoms in total. The summed E-state index contributed by atoms with van der Waals surface area (Å²) >= 11 is 0. The van der Waals surface area contributed by atoms with Crippen molar-refractivity contribution in [2.24, 2.45) is 0 Å². The first-order valence-electron chi connectivity index (χ1n) is 8.57. The normalized spacial score (nSPS) is 15.9. The first-order valence-corrected chi connectivity index (χ1v) is 8.57. The number of hydrogen-bond donors (Lipinski definition) is 1. The van der Waals surface area contributed by atoms with Crippen LogP contribution in [-0.4, -0.2) is 46.8 Å². The van der Waals surface area contributed by atoms with E-state index in [9.17, 15) is 31.1 Å². The lowest BCUT2D eigenvalue weighted by Crippen LogP contribution is -2.45. The van der Waals surface area contributed by atoms with E-state index in [0.717, 1.165) is 4.68 Å². The Morgan fingerprint density at radius 1 is 1.00 bits per heavy atom. The summed E-state index contributed by atoms with van der Waals surface area (Å²) in [7, 11) is 0. The molecule has 1 aliphatic heterocycles. The van der Waals surface area contributed by atoms with Crippen molar-refractivity contribution in [3.63, 3.8) is 0 Å². The molecule has 1 fully saturated rings. The molecule has 1 aromatic heterocycles. The van der Waals surface area contributed by atoms with Crippen molar-refractivity contribution in [3.8, 4) is 11.3 Å². The molecule has 0 radical (unpaired) electrons. The average molecular weight is 418 g/mol. The number of aromatic nitrogens is 2. The monoisotopic (exact) mass is 418 g/mol. The fraction of sp³-hybridized carbons (Fsp3) is 0.333. The predicted molar refractivity (Wildman–Crippen MR) is 92.4 cm³/mol. The number of nitrogens with one attached hydrogen (secondary N) is 1. The van der Waals surface area contributed by atoms with Crippen molar-refractivity contribution in [3.05, 3.63) is 47.7 Å². The van der Waals surface area contributed by atoms with Gasteiger partial charge in [0.15, 0.2) is 0 Å². The zero-order valence-corrected chi connectivity index (χ0v) is 14.9. The Morgan fingerprint density at radius 3 is 2.14 bits per heavy atom. The van der Waals surface area contributed by atoms with E-state index in [1.807, 2.05) is 0 Å². The van der Waals surface area contributed by atoms with Gasteiger partial charge >= 0.3 is 12.4 Å². The SMILES string of the molecule is O=C(/C=C\n1ccc(-c2cc(C(F)(F)F)cc(C(F)(F)F)c2)n1)N1CCNCC1. The maximum Gasteiger partial charge on any atom is 0.416 e. The van der Waals surface area contributed by atoms with Crippen molar-refractivity contribution >= 4 is 12.1 Å². The topological polar surface area (TPSA) is 50.2 Å². The average Bonchev–Trinajstić information content (AvgIpc) is 3.14. The lowest BCUT2D eigenvalue weighted by atomic mass is 10.0. The van der Waals surface area contributed by atoms with Crippen LogP contribution in [0.5, 0.6) is 0 Å². The van der Waals surface area contributed by atoms with Gasteiger partial charge in [-0.15, -0.1) is 0 Å². The summed E-state index contributed by atoms with van der Waals surface area (Å²) in [6.45, 7) is 2.42. The van der Waals surface area contributed by atoms with Gasteiger partial charge in [-0.05, 0) is 24.3 Å². The first-order chi connectivity index (χ1) is 13.5. The molecule has 2 aromatic rings. The van der Waals surface area contributed by atoms with E-state index in [1.54, 1.807) is 4.90 Å². The van der Waals surface area contributed by atoms with Crippen LogP contribution >= 0.6 is 0 Å². The summed E-state index contributed by atoms with van der Waals surface area (Å²) in [5.74, 6) is -0.262. The molecule has 0 aliphatic carbocycles. The van der Waals surface area contributed by atoms with Gasteiger partial charge in [0.05, 0.1) is 16.8 Å². The zero-order valence-electron chi connectivity index (χ0n) is 14.9. The van der Waals surface area contributed by atoms with Crippen LogP contribution < -0.4 is 5.32 Å². The van der Waals surface area contributed by atoms with E-state index in [1.165, 1.54) is 24.5 Å². The van der Waals surface area contributed by atoms with Crippen LogP contribution in [0, 0.1) is 0 Å². The molecule has 1 aliphatic rings. The highest BCUT2D eigenvalue weighted by Gasteiger charge is 2.37. The zero-order chi connectivity index (χ0) is 21.2. The second-order valence-electron chi connectivity index (χ2n) is 6.37. The molecule has 29 heavy (non-hydrogen) atoms. The third-order valence-electron chi connectivity index (χ3n) is 4.29. The number of halogens is 6. The van der Waals surface area contributed by atoms with Crippen molar-refractivity contribution in [2.45, 2.75) is 12.4 Å². The standard InChI is InChI=1S/C18H16F6N4O/c19-17(20,21)13-9-12(10-14(11-13)18(22,23)24)15-1-5-28(26-15)6-2-16(29)27-7-3-25-4-8-27/h1-2,5-6,9-11,25H,3-4,7-8H2/b6-2-. The van der Waals surface area contributed by atoms with Gasteiger partial charge < -0.3 is 10.2 Å². The fourth-order valence-corrected chi connectivity index (χ4v) is 2.81. The van der Waals surface area contributed by atoms with E-state index in [2.05, 4.69) is 10.4 Å². The van der Waals surface area contributed by atoms with Gasteiger partial charge in [-0.3, -0.25) is 4.79 Å². The van der Waals surface area contributed by atoms with E-state index >= 15 is 0 Å². The molecule has 1 aromatic carbocycles. The van der Waals surface area contributed by atoms with Crippen LogP contribution in [0.3, 0.4) is 0 Å². The minimum absolute atomic E-state index is 0.0620. The number of amides is 1. The van der Waals surface area contributed by atoms with Crippen LogP contribution in [0.4, 0.5) is 26.3 Å². The van der Waals surface area contributed by atoms with Crippen LogP contribution in [0.2, 0.25) is 0 Å². The van der Waals surface area contributed by atoms with Gasteiger partial charge in [-0.1, -0.05) is 0 Å².